The molecule has 1 saturated heterocycles. The first-order valence-corrected chi connectivity index (χ1v) is 10.9. The fraction of sp³-hybridized carbons (Fsp3) is 0.318. The third kappa shape index (κ3) is 5.63. The number of carbonyl (C=O) groups is 2. The molecule has 30 heavy (non-hydrogen) atoms. The van der Waals surface area contributed by atoms with Crippen LogP contribution in [-0.4, -0.2) is 59.4 Å². The fourth-order valence-electron chi connectivity index (χ4n) is 3.48. The maximum atomic E-state index is 12.2. The first kappa shape index (κ1) is 20.5. The highest BCUT2D eigenvalue weighted by molar-refractivity contribution is 7.18. The Balaban J connectivity index is 1.17. The number of carbonyl (C=O) groups excluding carboxylic acids is 2. The van der Waals surface area contributed by atoms with Crippen LogP contribution in [0.15, 0.2) is 54.6 Å². The van der Waals surface area contributed by atoms with Crippen molar-refractivity contribution in [3.63, 3.8) is 0 Å². The molecule has 0 spiro atoms. The number of hydrogen-bond donors (Lipinski definition) is 2. The average Bonchev–Trinajstić information content (AvgIpc) is 3.17. The predicted molar refractivity (Wildman–Crippen MR) is 118 cm³/mol. The van der Waals surface area contributed by atoms with Crippen molar-refractivity contribution in [2.45, 2.75) is 13.1 Å². The molecule has 0 bridgehead atoms. The zero-order valence-electron chi connectivity index (χ0n) is 16.7. The van der Waals surface area contributed by atoms with Gasteiger partial charge in [-0.1, -0.05) is 42.5 Å². The van der Waals surface area contributed by atoms with Crippen LogP contribution in [-0.2, 0) is 17.9 Å². The Morgan fingerprint density at radius 3 is 2.40 bits per heavy atom. The molecular formula is C22H25N5O2S. The minimum atomic E-state index is -0.460. The monoisotopic (exact) mass is 423 g/mol. The highest BCUT2D eigenvalue weighted by Crippen LogP contribution is 2.22. The summed E-state index contributed by atoms with van der Waals surface area (Å²) in [6, 6.07) is 17.3. The Morgan fingerprint density at radius 2 is 1.63 bits per heavy atom. The Morgan fingerprint density at radius 1 is 0.933 bits per heavy atom. The highest BCUT2D eigenvalue weighted by Gasteiger charge is 2.20. The van der Waals surface area contributed by atoms with Crippen molar-refractivity contribution in [2.75, 3.05) is 32.7 Å². The predicted octanol–water partition coefficient (Wildman–Crippen LogP) is 2.44. The van der Waals surface area contributed by atoms with E-state index in [-0.39, 0.29) is 12.5 Å². The molecule has 1 fully saturated rings. The Hall–Kier alpha value is -2.81. The van der Waals surface area contributed by atoms with Gasteiger partial charge in [0.2, 0.25) is 5.91 Å². The van der Waals surface area contributed by atoms with E-state index in [4.69, 9.17) is 4.98 Å². The Bertz CT molecular complexity index is 966. The standard InChI is InChI=1S/C22H25N5O2S/c28-20(25-22(29)23-14-17-6-2-1-3-7-17)15-26-10-12-27(13-11-26)16-21-24-18-8-4-5-9-19(18)30-21/h1-9H,10-16H2,(H2,23,25,28,29). The average molecular weight is 424 g/mol. The van der Waals surface area contributed by atoms with Crippen molar-refractivity contribution < 1.29 is 9.59 Å². The molecule has 1 aliphatic rings. The molecule has 0 atom stereocenters. The number of nitrogens with zero attached hydrogens (tertiary/aromatic N) is 3. The number of fused-ring (bicyclic) bond motifs is 1. The maximum absolute atomic E-state index is 12.2. The van der Waals surface area contributed by atoms with Gasteiger partial charge in [-0.05, 0) is 17.7 Å². The Labute approximate surface area is 179 Å². The maximum Gasteiger partial charge on any atom is 0.321 e. The minimum absolute atomic E-state index is 0.230. The molecular weight excluding hydrogens is 398 g/mol. The van der Waals surface area contributed by atoms with Crippen LogP contribution in [0.4, 0.5) is 4.79 Å². The highest BCUT2D eigenvalue weighted by atomic mass is 32.1. The molecule has 2 aromatic carbocycles. The lowest BCUT2D eigenvalue weighted by atomic mass is 10.2. The number of imide groups is 1. The lowest BCUT2D eigenvalue weighted by molar-refractivity contribution is -0.121. The summed E-state index contributed by atoms with van der Waals surface area (Å²) in [5, 5.41) is 6.24. The second kappa shape index (κ2) is 9.80. The molecule has 0 saturated carbocycles. The summed E-state index contributed by atoms with van der Waals surface area (Å²) in [6.07, 6.45) is 0. The molecule has 1 aliphatic heterocycles. The van der Waals surface area contributed by atoms with E-state index in [1.54, 1.807) is 11.3 Å². The van der Waals surface area contributed by atoms with Crippen LogP contribution in [0.1, 0.15) is 10.6 Å². The number of benzene rings is 2. The van der Waals surface area contributed by atoms with E-state index in [9.17, 15) is 9.59 Å². The van der Waals surface area contributed by atoms with E-state index in [1.807, 2.05) is 48.5 Å². The summed E-state index contributed by atoms with van der Waals surface area (Å²) in [4.78, 5) is 33.2. The zero-order valence-corrected chi connectivity index (χ0v) is 17.5. The molecule has 156 valence electrons. The molecule has 4 rings (SSSR count). The van der Waals surface area contributed by atoms with Gasteiger partial charge in [-0.3, -0.25) is 19.9 Å². The van der Waals surface area contributed by atoms with Gasteiger partial charge in [0.05, 0.1) is 23.3 Å². The number of urea groups is 1. The first-order valence-electron chi connectivity index (χ1n) is 10.1. The van der Waals surface area contributed by atoms with Crippen LogP contribution in [0.25, 0.3) is 10.2 Å². The largest absolute Gasteiger partial charge is 0.334 e. The summed E-state index contributed by atoms with van der Waals surface area (Å²) in [5.74, 6) is -0.278. The van der Waals surface area contributed by atoms with Gasteiger partial charge in [-0.15, -0.1) is 11.3 Å². The van der Waals surface area contributed by atoms with Crippen molar-refractivity contribution in [1.82, 2.24) is 25.4 Å². The number of para-hydroxylation sites is 1. The van der Waals surface area contributed by atoms with Crippen LogP contribution < -0.4 is 10.6 Å². The van der Waals surface area contributed by atoms with Crippen LogP contribution in [0, 0.1) is 0 Å². The van der Waals surface area contributed by atoms with Gasteiger partial charge in [0.25, 0.3) is 0 Å². The SMILES string of the molecule is O=C(CN1CCN(Cc2nc3ccccc3s2)CC1)NC(=O)NCc1ccccc1. The lowest BCUT2D eigenvalue weighted by Gasteiger charge is -2.33. The van der Waals surface area contributed by atoms with Gasteiger partial charge in [0.1, 0.15) is 5.01 Å². The molecule has 0 aliphatic carbocycles. The molecule has 7 nitrogen and oxygen atoms in total. The molecule has 8 heteroatoms. The van der Waals surface area contributed by atoms with Crippen LogP contribution in [0.2, 0.25) is 0 Å². The fourth-order valence-corrected chi connectivity index (χ4v) is 4.49. The molecule has 0 unspecified atom stereocenters. The van der Waals surface area contributed by atoms with E-state index < -0.39 is 6.03 Å². The first-order chi connectivity index (χ1) is 14.7. The van der Waals surface area contributed by atoms with Crippen molar-refractivity contribution in [3.8, 4) is 0 Å². The molecule has 3 amide bonds. The molecule has 3 aromatic rings. The van der Waals surface area contributed by atoms with Crippen LogP contribution in [0.3, 0.4) is 0 Å². The lowest BCUT2D eigenvalue weighted by Crippen LogP contribution is -2.50. The van der Waals surface area contributed by atoms with Crippen molar-refractivity contribution in [3.05, 3.63) is 65.2 Å². The van der Waals surface area contributed by atoms with Gasteiger partial charge in [-0.25, -0.2) is 9.78 Å². The number of rotatable bonds is 6. The molecule has 1 aromatic heterocycles. The summed E-state index contributed by atoms with van der Waals surface area (Å²) >= 11 is 1.74. The number of aromatic nitrogens is 1. The Kier molecular flexibility index (Phi) is 6.68. The molecule has 2 heterocycles. The molecule has 2 N–H and O–H groups in total. The second-order valence-corrected chi connectivity index (χ2v) is 8.46. The summed E-state index contributed by atoms with van der Waals surface area (Å²) in [5.41, 5.74) is 2.04. The number of thiazole rings is 1. The number of amides is 3. The topological polar surface area (TPSA) is 77.6 Å². The molecule has 0 radical (unpaired) electrons. The van der Waals surface area contributed by atoms with Gasteiger partial charge in [0, 0.05) is 32.7 Å². The van der Waals surface area contributed by atoms with Gasteiger partial charge in [0.15, 0.2) is 0 Å². The van der Waals surface area contributed by atoms with Crippen molar-refractivity contribution in [2.24, 2.45) is 0 Å². The summed E-state index contributed by atoms with van der Waals surface area (Å²) in [6.45, 7) is 4.81. The van der Waals surface area contributed by atoms with Gasteiger partial charge >= 0.3 is 6.03 Å². The normalized spacial score (nSPS) is 15.2. The van der Waals surface area contributed by atoms with Crippen molar-refractivity contribution >= 4 is 33.5 Å². The van der Waals surface area contributed by atoms with Crippen LogP contribution >= 0.6 is 11.3 Å². The summed E-state index contributed by atoms with van der Waals surface area (Å²) < 4.78 is 1.22. The van der Waals surface area contributed by atoms with Crippen LogP contribution in [0.5, 0.6) is 0 Å². The second-order valence-electron chi connectivity index (χ2n) is 7.34. The number of hydrogen-bond acceptors (Lipinski definition) is 6. The van der Waals surface area contributed by atoms with Gasteiger partial charge < -0.3 is 5.32 Å². The van der Waals surface area contributed by atoms with E-state index in [0.29, 0.717) is 6.54 Å². The van der Waals surface area contributed by atoms with Crippen molar-refractivity contribution in [1.29, 1.82) is 0 Å². The number of piperazine rings is 1. The van der Waals surface area contributed by atoms with E-state index in [0.717, 1.165) is 48.8 Å². The minimum Gasteiger partial charge on any atom is -0.334 e. The quantitative estimate of drug-likeness (QED) is 0.637. The third-order valence-corrected chi connectivity index (χ3v) is 6.10. The van der Waals surface area contributed by atoms with E-state index >= 15 is 0 Å². The zero-order chi connectivity index (χ0) is 20.8. The van der Waals surface area contributed by atoms with E-state index in [1.165, 1.54) is 4.70 Å². The number of nitrogens with one attached hydrogen (secondary N) is 2. The third-order valence-electron chi connectivity index (χ3n) is 5.08. The van der Waals surface area contributed by atoms with E-state index in [2.05, 4.69) is 26.5 Å². The summed E-state index contributed by atoms with van der Waals surface area (Å²) in [7, 11) is 0. The smallest absolute Gasteiger partial charge is 0.321 e. The van der Waals surface area contributed by atoms with Gasteiger partial charge in [-0.2, -0.15) is 0 Å².